The summed E-state index contributed by atoms with van der Waals surface area (Å²) in [5, 5.41) is 11.8. The number of β-lactam (4-membered cyclic amide) rings is 1. The van der Waals surface area contributed by atoms with Gasteiger partial charge in [-0.2, -0.15) is 0 Å². The number of rotatable bonds is 2. The predicted molar refractivity (Wildman–Crippen MR) is 51.6 cm³/mol. The van der Waals surface area contributed by atoms with Crippen LogP contribution in [0.4, 0.5) is 0 Å². The molecule has 1 unspecified atom stereocenters. The van der Waals surface area contributed by atoms with Gasteiger partial charge in [-0.1, -0.05) is 20.8 Å². The maximum Gasteiger partial charge on any atom is 0.228 e. The van der Waals surface area contributed by atoms with Gasteiger partial charge < -0.3 is 10.4 Å². The molecule has 14 heavy (non-hydrogen) atoms. The third-order valence-electron chi connectivity index (χ3n) is 2.50. The Labute approximate surface area is 83.7 Å². The molecule has 2 N–H and O–H groups in total. The maximum absolute atomic E-state index is 11.8. The summed E-state index contributed by atoms with van der Waals surface area (Å²) in [6.07, 6.45) is -0.764. The Kier molecular flexibility index (Phi) is 2.67. The smallest absolute Gasteiger partial charge is 0.228 e. The molecule has 1 rings (SSSR count). The van der Waals surface area contributed by atoms with Gasteiger partial charge in [0, 0.05) is 5.41 Å². The highest BCUT2D eigenvalue weighted by molar-refractivity contribution is 6.02. The van der Waals surface area contributed by atoms with Crippen LogP contribution >= 0.6 is 0 Å². The molecule has 4 nitrogen and oxygen atoms in total. The molecule has 4 heteroatoms. The van der Waals surface area contributed by atoms with Crippen LogP contribution in [0, 0.1) is 11.3 Å². The van der Waals surface area contributed by atoms with Crippen LogP contribution < -0.4 is 5.32 Å². The molecule has 0 aromatic carbocycles. The molecule has 1 aliphatic rings. The first-order valence-corrected chi connectivity index (χ1v) is 4.78. The number of hydrogen-bond donors (Lipinski definition) is 2. The normalized spacial score (nSPS) is 29.1. The molecule has 3 atom stereocenters. The van der Waals surface area contributed by atoms with Crippen molar-refractivity contribution in [2.75, 3.05) is 0 Å². The zero-order valence-electron chi connectivity index (χ0n) is 9.00. The number of hydrogen-bond acceptors (Lipinski definition) is 3. The van der Waals surface area contributed by atoms with Gasteiger partial charge in [-0.15, -0.1) is 0 Å². The van der Waals surface area contributed by atoms with Crippen LogP contribution in [0.3, 0.4) is 0 Å². The van der Waals surface area contributed by atoms with Crippen LogP contribution in [-0.4, -0.2) is 28.9 Å². The van der Waals surface area contributed by atoms with Crippen LogP contribution in [-0.2, 0) is 9.59 Å². The highest BCUT2D eigenvalue weighted by atomic mass is 16.3. The topological polar surface area (TPSA) is 66.4 Å². The third kappa shape index (κ3) is 1.80. The van der Waals surface area contributed by atoms with E-state index in [1.54, 1.807) is 20.8 Å². The first-order valence-electron chi connectivity index (χ1n) is 4.78. The lowest BCUT2D eigenvalue weighted by atomic mass is 9.75. The number of amides is 1. The summed E-state index contributed by atoms with van der Waals surface area (Å²) in [6.45, 7) is 6.95. The standard InChI is InChI=1S/C10H17NO3/c1-5(12)6-7(11-9(6)14)8(13)10(2,3)4/h5-7,12H,1-4H3,(H,11,14)/t5?,6-,7+/m1/s1. The van der Waals surface area contributed by atoms with E-state index in [-0.39, 0.29) is 11.7 Å². The number of aliphatic hydroxyl groups is 1. The molecule has 1 heterocycles. The molecule has 1 saturated heterocycles. The molecule has 80 valence electrons. The maximum atomic E-state index is 11.8. The monoisotopic (exact) mass is 199 g/mol. The fourth-order valence-electron chi connectivity index (χ4n) is 1.59. The fraction of sp³-hybridized carbons (Fsp3) is 0.800. The first kappa shape index (κ1) is 11.2. The van der Waals surface area contributed by atoms with Crippen molar-refractivity contribution in [2.45, 2.75) is 39.8 Å². The Bertz CT molecular complexity index is 265. The fourth-order valence-corrected chi connectivity index (χ4v) is 1.59. The molecular weight excluding hydrogens is 182 g/mol. The first-order chi connectivity index (χ1) is 6.25. The molecule has 1 aliphatic heterocycles. The molecule has 0 bridgehead atoms. The number of carbonyl (C=O) groups excluding carboxylic acids is 2. The lowest BCUT2D eigenvalue weighted by Crippen LogP contribution is -2.66. The molecule has 0 spiro atoms. The number of nitrogens with one attached hydrogen (secondary N) is 1. The van der Waals surface area contributed by atoms with Crippen molar-refractivity contribution in [3.05, 3.63) is 0 Å². The second kappa shape index (κ2) is 3.35. The van der Waals surface area contributed by atoms with E-state index in [0.29, 0.717) is 0 Å². The van der Waals surface area contributed by atoms with Crippen molar-refractivity contribution < 1.29 is 14.7 Å². The minimum atomic E-state index is -0.764. The van der Waals surface area contributed by atoms with Crippen molar-refractivity contribution in [3.8, 4) is 0 Å². The largest absolute Gasteiger partial charge is 0.392 e. The van der Waals surface area contributed by atoms with Crippen molar-refractivity contribution in [1.82, 2.24) is 5.32 Å². The minimum absolute atomic E-state index is 0.0250. The van der Waals surface area contributed by atoms with E-state index < -0.39 is 23.5 Å². The van der Waals surface area contributed by atoms with E-state index in [4.69, 9.17) is 0 Å². The molecule has 1 fully saturated rings. The molecule has 1 amide bonds. The summed E-state index contributed by atoms with van der Waals surface area (Å²) >= 11 is 0. The second-order valence-electron chi connectivity index (χ2n) is 4.87. The molecule has 0 aromatic heterocycles. The number of carbonyl (C=O) groups is 2. The van der Waals surface area contributed by atoms with Gasteiger partial charge in [-0.3, -0.25) is 9.59 Å². The van der Waals surface area contributed by atoms with Gasteiger partial charge in [0.25, 0.3) is 0 Å². The molecule has 0 radical (unpaired) electrons. The summed E-state index contributed by atoms with van der Waals surface area (Å²) in [4.78, 5) is 22.9. The summed E-state index contributed by atoms with van der Waals surface area (Å²) in [5.41, 5.74) is -0.481. The van der Waals surface area contributed by atoms with Gasteiger partial charge in [0.1, 0.15) is 6.04 Å². The summed E-state index contributed by atoms with van der Waals surface area (Å²) < 4.78 is 0. The number of ketones is 1. The Hall–Kier alpha value is -0.900. The minimum Gasteiger partial charge on any atom is -0.392 e. The molecule has 0 saturated carbocycles. The summed E-state index contributed by atoms with van der Waals surface area (Å²) in [6, 6.07) is -0.512. The van der Waals surface area contributed by atoms with Crippen LogP contribution in [0.15, 0.2) is 0 Å². The Morgan fingerprint density at radius 1 is 1.50 bits per heavy atom. The lowest BCUT2D eigenvalue weighted by Gasteiger charge is -2.40. The van der Waals surface area contributed by atoms with Crippen molar-refractivity contribution in [2.24, 2.45) is 11.3 Å². The van der Waals surface area contributed by atoms with Crippen LogP contribution in [0.5, 0.6) is 0 Å². The number of aliphatic hydroxyl groups excluding tert-OH is 1. The van der Waals surface area contributed by atoms with Gasteiger partial charge in [0.2, 0.25) is 5.91 Å². The van der Waals surface area contributed by atoms with E-state index in [1.165, 1.54) is 6.92 Å². The zero-order chi connectivity index (χ0) is 11.1. The van der Waals surface area contributed by atoms with E-state index in [0.717, 1.165) is 0 Å². The van der Waals surface area contributed by atoms with E-state index in [2.05, 4.69) is 5.32 Å². The predicted octanol–water partition coefficient (Wildman–Crippen LogP) is 0.0970. The Morgan fingerprint density at radius 3 is 2.29 bits per heavy atom. The highest BCUT2D eigenvalue weighted by Gasteiger charge is 2.49. The van der Waals surface area contributed by atoms with Crippen molar-refractivity contribution in [3.63, 3.8) is 0 Å². The van der Waals surface area contributed by atoms with Gasteiger partial charge in [0.05, 0.1) is 12.0 Å². The average Bonchev–Trinajstić information content (AvgIpc) is 1.95. The van der Waals surface area contributed by atoms with Crippen molar-refractivity contribution >= 4 is 11.7 Å². The quantitative estimate of drug-likeness (QED) is 0.620. The highest BCUT2D eigenvalue weighted by Crippen LogP contribution is 2.27. The van der Waals surface area contributed by atoms with Crippen molar-refractivity contribution in [1.29, 1.82) is 0 Å². The van der Waals surface area contributed by atoms with E-state index in [1.807, 2.05) is 0 Å². The van der Waals surface area contributed by atoms with E-state index in [9.17, 15) is 14.7 Å². The average molecular weight is 199 g/mol. The molecule has 0 aromatic rings. The Morgan fingerprint density at radius 2 is 2.00 bits per heavy atom. The summed E-state index contributed by atoms with van der Waals surface area (Å²) in [5.74, 6) is -0.827. The summed E-state index contributed by atoms with van der Waals surface area (Å²) in [7, 11) is 0. The van der Waals surface area contributed by atoms with Crippen LogP contribution in [0.1, 0.15) is 27.7 Å². The Balaban J connectivity index is 2.73. The second-order valence-corrected chi connectivity index (χ2v) is 4.87. The zero-order valence-corrected chi connectivity index (χ0v) is 9.00. The third-order valence-corrected chi connectivity index (χ3v) is 2.50. The molecule has 0 aliphatic carbocycles. The van der Waals surface area contributed by atoms with Gasteiger partial charge >= 0.3 is 0 Å². The lowest BCUT2D eigenvalue weighted by molar-refractivity contribution is -0.150. The van der Waals surface area contributed by atoms with Gasteiger partial charge in [-0.05, 0) is 6.92 Å². The van der Waals surface area contributed by atoms with Crippen LogP contribution in [0.2, 0.25) is 0 Å². The SMILES string of the molecule is CC(O)[C@H]1C(=O)N[C@@H]1C(=O)C(C)(C)C. The van der Waals surface area contributed by atoms with Gasteiger partial charge in [-0.25, -0.2) is 0 Å². The molecular formula is C10H17NO3. The van der Waals surface area contributed by atoms with E-state index >= 15 is 0 Å². The number of Topliss-reactive ketones (excluding diaryl/α,β-unsaturated/α-hetero) is 1. The van der Waals surface area contributed by atoms with Crippen LogP contribution in [0.25, 0.3) is 0 Å². The van der Waals surface area contributed by atoms with Gasteiger partial charge in [0.15, 0.2) is 5.78 Å².